The molecule has 1 aliphatic heterocycles. The Morgan fingerprint density at radius 1 is 1.13 bits per heavy atom. The average molecular weight is 445 g/mol. The zero-order valence-electron chi connectivity index (χ0n) is 16.9. The number of halogens is 2. The molecule has 162 valence electrons. The van der Waals surface area contributed by atoms with Gasteiger partial charge in [0.25, 0.3) is 0 Å². The van der Waals surface area contributed by atoms with Gasteiger partial charge >= 0.3 is 0 Å². The zero-order valence-corrected chi connectivity index (χ0v) is 17.7. The average Bonchev–Trinajstić information content (AvgIpc) is 3.18. The third kappa shape index (κ3) is 5.05. The van der Waals surface area contributed by atoms with Gasteiger partial charge in [-0.15, -0.1) is 0 Å². The maximum Gasteiger partial charge on any atom is 0.218 e. The summed E-state index contributed by atoms with van der Waals surface area (Å²) in [5, 5.41) is 3.17. The van der Waals surface area contributed by atoms with E-state index in [1.54, 1.807) is 12.3 Å². The van der Waals surface area contributed by atoms with E-state index in [4.69, 9.17) is 0 Å². The van der Waals surface area contributed by atoms with E-state index in [2.05, 4.69) is 15.3 Å². The van der Waals surface area contributed by atoms with Gasteiger partial charge in [0.1, 0.15) is 17.5 Å². The SMILES string of the molecule is Cc1cccc(Nc2ccc(C3CCCN3S(=O)(=O)Cc3cc(F)cc(F)c3)nc2)n1. The highest BCUT2D eigenvalue weighted by Crippen LogP contribution is 2.34. The lowest BCUT2D eigenvalue weighted by molar-refractivity contribution is 0.390. The highest BCUT2D eigenvalue weighted by Gasteiger charge is 2.36. The second-order valence-corrected chi connectivity index (χ2v) is 9.49. The molecule has 1 unspecified atom stereocenters. The Bertz CT molecular complexity index is 1170. The van der Waals surface area contributed by atoms with Gasteiger partial charge < -0.3 is 5.32 Å². The summed E-state index contributed by atoms with van der Waals surface area (Å²) < 4.78 is 54.3. The highest BCUT2D eigenvalue weighted by atomic mass is 32.2. The molecule has 3 heterocycles. The first-order chi connectivity index (χ1) is 14.8. The van der Waals surface area contributed by atoms with Crippen molar-refractivity contribution in [3.8, 4) is 0 Å². The molecule has 1 aromatic carbocycles. The van der Waals surface area contributed by atoms with Crippen LogP contribution in [-0.2, 0) is 15.8 Å². The molecule has 9 heteroatoms. The lowest BCUT2D eigenvalue weighted by atomic mass is 10.1. The molecule has 0 radical (unpaired) electrons. The summed E-state index contributed by atoms with van der Waals surface area (Å²) >= 11 is 0. The van der Waals surface area contributed by atoms with Crippen molar-refractivity contribution >= 4 is 21.5 Å². The highest BCUT2D eigenvalue weighted by molar-refractivity contribution is 7.88. The quantitative estimate of drug-likeness (QED) is 0.607. The van der Waals surface area contributed by atoms with E-state index in [9.17, 15) is 17.2 Å². The Labute approximate surface area is 180 Å². The Morgan fingerprint density at radius 2 is 1.90 bits per heavy atom. The largest absolute Gasteiger partial charge is 0.339 e. The standard InChI is InChI=1S/C22H22F2N4O2S/c1-15-4-2-6-22(26-15)27-19-7-8-20(25-13-19)21-5-3-9-28(21)31(29,30)14-16-10-17(23)12-18(24)11-16/h2,4,6-8,10-13,21H,3,5,9,14H2,1H3,(H,26,27). The van der Waals surface area contributed by atoms with Crippen molar-refractivity contribution in [1.82, 2.24) is 14.3 Å². The summed E-state index contributed by atoms with van der Waals surface area (Å²) in [6.45, 7) is 2.25. The number of sulfonamides is 1. The first-order valence-corrected chi connectivity index (χ1v) is 11.5. The Kier molecular flexibility index (Phi) is 5.97. The van der Waals surface area contributed by atoms with Crippen LogP contribution in [0.25, 0.3) is 0 Å². The van der Waals surface area contributed by atoms with Crippen LogP contribution in [0.3, 0.4) is 0 Å². The molecular formula is C22H22F2N4O2S. The van der Waals surface area contributed by atoms with Crippen LogP contribution in [0, 0.1) is 18.6 Å². The molecule has 1 aliphatic rings. The molecule has 0 bridgehead atoms. The molecule has 31 heavy (non-hydrogen) atoms. The Morgan fingerprint density at radius 3 is 2.58 bits per heavy atom. The summed E-state index contributed by atoms with van der Waals surface area (Å²) in [6.07, 6.45) is 2.97. The fourth-order valence-electron chi connectivity index (χ4n) is 3.79. The van der Waals surface area contributed by atoms with Crippen molar-refractivity contribution in [2.75, 3.05) is 11.9 Å². The van der Waals surface area contributed by atoms with E-state index in [-0.39, 0.29) is 5.56 Å². The third-order valence-corrected chi connectivity index (χ3v) is 6.97. The minimum absolute atomic E-state index is 0.0845. The lowest BCUT2D eigenvalue weighted by Crippen LogP contribution is -2.32. The Hall–Kier alpha value is -2.91. The molecule has 1 N–H and O–H groups in total. The van der Waals surface area contributed by atoms with Crippen LogP contribution in [0.5, 0.6) is 0 Å². The van der Waals surface area contributed by atoms with Crippen LogP contribution in [0.2, 0.25) is 0 Å². The molecule has 1 fully saturated rings. The maximum absolute atomic E-state index is 13.5. The molecular weight excluding hydrogens is 422 g/mol. The van der Waals surface area contributed by atoms with Crippen molar-refractivity contribution in [3.63, 3.8) is 0 Å². The van der Waals surface area contributed by atoms with E-state index in [1.807, 2.05) is 31.2 Å². The van der Waals surface area contributed by atoms with E-state index in [0.29, 0.717) is 30.9 Å². The number of nitrogens with zero attached hydrogens (tertiary/aromatic N) is 3. The first kappa shape index (κ1) is 21.3. The topological polar surface area (TPSA) is 75.2 Å². The Balaban J connectivity index is 1.51. The minimum Gasteiger partial charge on any atom is -0.339 e. The van der Waals surface area contributed by atoms with Crippen molar-refractivity contribution < 1.29 is 17.2 Å². The summed E-state index contributed by atoms with van der Waals surface area (Å²) in [5.41, 5.74) is 2.35. The van der Waals surface area contributed by atoms with Gasteiger partial charge in [-0.25, -0.2) is 22.2 Å². The third-order valence-electron chi connectivity index (χ3n) is 5.12. The van der Waals surface area contributed by atoms with Gasteiger partial charge in [0.2, 0.25) is 10.0 Å². The van der Waals surface area contributed by atoms with Crippen molar-refractivity contribution in [1.29, 1.82) is 0 Å². The number of aryl methyl sites for hydroxylation is 1. The van der Waals surface area contributed by atoms with Crippen LogP contribution >= 0.6 is 0 Å². The number of nitrogens with one attached hydrogen (secondary N) is 1. The summed E-state index contributed by atoms with van der Waals surface area (Å²) in [5.74, 6) is -1.36. The maximum atomic E-state index is 13.5. The number of aromatic nitrogens is 2. The molecule has 3 aromatic rings. The predicted molar refractivity (Wildman–Crippen MR) is 114 cm³/mol. The van der Waals surface area contributed by atoms with Crippen molar-refractivity contribution in [2.24, 2.45) is 0 Å². The number of hydrogen-bond acceptors (Lipinski definition) is 5. The summed E-state index contributed by atoms with van der Waals surface area (Å²) in [6, 6.07) is 11.7. The van der Waals surface area contributed by atoms with E-state index in [1.165, 1.54) is 4.31 Å². The van der Waals surface area contributed by atoms with Crippen molar-refractivity contribution in [3.05, 3.63) is 83.3 Å². The van der Waals surface area contributed by atoms with Gasteiger partial charge in [0, 0.05) is 18.3 Å². The van der Waals surface area contributed by atoms with E-state index < -0.39 is 33.5 Å². The zero-order chi connectivity index (χ0) is 22.0. The predicted octanol–water partition coefficient (Wildman–Crippen LogP) is 4.47. The smallest absolute Gasteiger partial charge is 0.218 e. The lowest BCUT2D eigenvalue weighted by Gasteiger charge is -2.24. The fourth-order valence-corrected chi connectivity index (χ4v) is 5.56. The first-order valence-electron chi connectivity index (χ1n) is 9.91. The van der Waals surface area contributed by atoms with E-state index >= 15 is 0 Å². The van der Waals surface area contributed by atoms with Gasteiger partial charge in [-0.2, -0.15) is 4.31 Å². The van der Waals surface area contributed by atoms with Crippen LogP contribution < -0.4 is 5.32 Å². The van der Waals surface area contributed by atoms with Crippen LogP contribution in [0.1, 0.15) is 35.8 Å². The molecule has 4 rings (SSSR count). The summed E-state index contributed by atoms with van der Waals surface area (Å²) in [4.78, 5) is 8.85. The van der Waals surface area contributed by atoms with Gasteiger partial charge in [-0.05, 0) is 61.7 Å². The molecule has 0 aliphatic carbocycles. The number of hydrogen-bond donors (Lipinski definition) is 1. The van der Waals surface area contributed by atoms with Crippen LogP contribution in [0.15, 0.2) is 54.7 Å². The van der Waals surface area contributed by atoms with Crippen LogP contribution in [0.4, 0.5) is 20.3 Å². The molecule has 0 saturated carbocycles. The number of anilines is 2. The van der Waals surface area contributed by atoms with Gasteiger partial charge in [0.05, 0.1) is 29.4 Å². The van der Waals surface area contributed by atoms with Gasteiger partial charge in [0.15, 0.2) is 0 Å². The van der Waals surface area contributed by atoms with Crippen molar-refractivity contribution in [2.45, 2.75) is 31.6 Å². The number of rotatable bonds is 6. The minimum atomic E-state index is -3.77. The molecule has 1 saturated heterocycles. The molecule has 0 amide bonds. The normalized spacial score (nSPS) is 17.1. The van der Waals surface area contributed by atoms with E-state index in [0.717, 1.165) is 29.6 Å². The summed E-state index contributed by atoms with van der Waals surface area (Å²) in [7, 11) is -3.77. The number of benzene rings is 1. The molecule has 0 spiro atoms. The second kappa shape index (κ2) is 8.68. The molecule has 6 nitrogen and oxygen atoms in total. The second-order valence-electron chi connectivity index (χ2n) is 7.56. The molecule has 2 aromatic heterocycles. The fraction of sp³-hybridized carbons (Fsp3) is 0.273. The van der Waals surface area contributed by atoms with Crippen LogP contribution in [-0.4, -0.2) is 29.2 Å². The monoisotopic (exact) mass is 444 g/mol. The van der Waals surface area contributed by atoms with Gasteiger partial charge in [-0.1, -0.05) is 6.07 Å². The van der Waals surface area contributed by atoms with Gasteiger partial charge in [-0.3, -0.25) is 4.98 Å². The molecule has 1 atom stereocenters. The number of pyridine rings is 2.